The Balaban J connectivity index is 1.55. The minimum atomic E-state index is -0.270. The van der Waals surface area contributed by atoms with E-state index >= 15 is 0 Å². The third-order valence-corrected chi connectivity index (χ3v) is 6.13. The van der Waals surface area contributed by atoms with E-state index in [-0.39, 0.29) is 17.7 Å². The molecule has 0 fully saturated rings. The van der Waals surface area contributed by atoms with Crippen LogP contribution in [-0.4, -0.2) is 34.8 Å². The summed E-state index contributed by atoms with van der Waals surface area (Å²) >= 11 is 0. The maximum absolute atomic E-state index is 13.5. The molecule has 1 aliphatic carbocycles. The van der Waals surface area contributed by atoms with Crippen molar-refractivity contribution in [2.75, 3.05) is 19.5 Å². The molecule has 0 spiro atoms. The summed E-state index contributed by atoms with van der Waals surface area (Å²) in [6.45, 7) is 2.05. The molecule has 0 saturated heterocycles. The smallest absolute Gasteiger partial charge is 0.226 e. The normalized spacial score (nSPS) is 20.0. The second kappa shape index (κ2) is 7.58. The largest absolute Gasteiger partial charge is 0.493 e. The van der Waals surface area contributed by atoms with E-state index in [1.54, 1.807) is 18.9 Å². The molecule has 5 rings (SSSR count). The van der Waals surface area contributed by atoms with Gasteiger partial charge in [0.25, 0.3) is 0 Å². The first kappa shape index (κ1) is 19.4. The van der Waals surface area contributed by atoms with Crippen molar-refractivity contribution in [1.29, 1.82) is 0 Å². The lowest BCUT2D eigenvalue weighted by atomic mass is 9.78. The predicted octanol–water partition coefficient (Wildman–Crippen LogP) is 4.02. The van der Waals surface area contributed by atoms with Gasteiger partial charge >= 0.3 is 0 Å². The summed E-state index contributed by atoms with van der Waals surface area (Å²) < 4.78 is 12.6. The van der Waals surface area contributed by atoms with Gasteiger partial charge in [-0.3, -0.25) is 4.79 Å². The fourth-order valence-corrected chi connectivity index (χ4v) is 4.55. The Morgan fingerprint density at radius 1 is 1.00 bits per heavy atom. The van der Waals surface area contributed by atoms with E-state index in [1.807, 2.05) is 18.2 Å². The van der Waals surface area contributed by atoms with Gasteiger partial charge in [-0.05, 0) is 42.5 Å². The standard InChI is InChI=1S/C24H24N4O3/c1-14-4-6-15(7-5-14)23-22-18(27-24-25-13-26-28(23)24)10-17(11-19(22)29)16-8-9-20(30-2)21(12-16)31-3/h4-9,12-13,17,23H,10-11H2,1-3H3,(H,25,26,27). The number of rotatable bonds is 4. The molecule has 0 amide bonds. The Hall–Kier alpha value is -3.61. The van der Waals surface area contributed by atoms with Gasteiger partial charge in [0.2, 0.25) is 5.95 Å². The third kappa shape index (κ3) is 3.26. The van der Waals surface area contributed by atoms with Gasteiger partial charge in [0, 0.05) is 17.7 Å². The van der Waals surface area contributed by atoms with Crippen LogP contribution in [0.15, 0.2) is 60.1 Å². The summed E-state index contributed by atoms with van der Waals surface area (Å²) in [6.07, 6.45) is 2.67. The average Bonchev–Trinajstić information content (AvgIpc) is 3.26. The third-order valence-electron chi connectivity index (χ3n) is 6.13. The van der Waals surface area contributed by atoms with Crippen molar-refractivity contribution >= 4 is 11.7 Å². The highest BCUT2D eigenvalue weighted by atomic mass is 16.5. The monoisotopic (exact) mass is 416 g/mol. The van der Waals surface area contributed by atoms with Crippen LogP contribution >= 0.6 is 0 Å². The van der Waals surface area contributed by atoms with Crippen molar-refractivity contribution in [1.82, 2.24) is 14.8 Å². The number of nitrogens with one attached hydrogen (secondary N) is 1. The van der Waals surface area contributed by atoms with Crippen LogP contribution in [0.4, 0.5) is 5.95 Å². The Bertz CT molecular complexity index is 1180. The molecule has 2 aromatic carbocycles. The number of benzene rings is 2. The van der Waals surface area contributed by atoms with Gasteiger partial charge in [-0.15, -0.1) is 0 Å². The van der Waals surface area contributed by atoms with E-state index < -0.39 is 0 Å². The Kier molecular flexibility index (Phi) is 4.73. The average molecular weight is 416 g/mol. The first-order valence-corrected chi connectivity index (χ1v) is 10.3. The molecule has 1 aliphatic heterocycles. The second-order valence-electron chi connectivity index (χ2n) is 8.00. The lowest BCUT2D eigenvalue weighted by molar-refractivity contribution is -0.116. The highest BCUT2D eigenvalue weighted by Gasteiger charge is 2.39. The highest BCUT2D eigenvalue weighted by molar-refractivity contribution is 6.00. The lowest BCUT2D eigenvalue weighted by Gasteiger charge is -2.35. The van der Waals surface area contributed by atoms with E-state index in [0.29, 0.717) is 30.3 Å². The minimum Gasteiger partial charge on any atom is -0.493 e. The number of Topliss-reactive ketones (excluding diaryl/α,β-unsaturated/α-hetero) is 1. The quantitative estimate of drug-likeness (QED) is 0.692. The second-order valence-corrected chi connectivity index (χ2v) is 8.00. The van der Waals surface area contributed by atoms with Gasteiger partial charge in [-0.2, -0.15) is 10.1 Å². The number of ether oxygens (including phenoxy) is 2. The Labute approximate surface area is 180 Å². The predicted molar refractivity (Wildman–Crippen MR) is 117 cm³/mol. The number of nitrogens with zero attached hydrogens (tertiary/aromatic N) is 3. The summed E-state index contributed by atoms with van der Waals surface area (Å²) in [7, 11) is 3.24. The Morgan fingerprint density at radius 2 is 1.74 bits per heavy atom. The number of ketones is 1. The van der Waals surface area contributed by atoms with Crippen LogP contribution in [0.25, 0.3) is 0 Å². The molecule has 2 atom stereocenters. The fraction of sp³-hybridized carbons (Fsp3) is 0.292. The van der Waals surface area contributed by atoms with Crippen LogP contribution in [0.5, 0.6) is 11.5 Å². The van der Waals surface area contributed by atoms with Crippen LogP contribution in [0.3, 0.4) is 0 Å². The summed E-state index contributed by atoms with van der Waals surface area (Å²) in [4.78, 5) is 17.8. The molecule has 0 radical (unpaired) electrons. The van der Waals surface area contributed by atoms with E-state index in [4.69, 9.17) is 9.47 Å². The first-order chi connectivity index (χ1) is 15.1. The van der Waals surface area contributed by atoms with Crippen molar-refractivity contribution in [3.05, 3.63) is 76.8 Å². The van der Waals surface area contributed by atoms with Gasteiger partial charge in [-0.25, -0.2) is 4.68 Å². The highest BCUT2D eigenvalue weighted by Crippen LogP contribution is 2.44. The molecule has 2 heterocycles. The minimum absolute atomic E-state index is 0.0479. The van der Waals surface area contributed by atoms with E-state index in [2.05, 4.69) is 46.6 Å². The molecule has 2 unspecified atom stereocenters. The number of aromatic nitrogens is 3. The molecule has 1 aromatic heterocycles. The maximum atomic E-state index is 13.5. The van der Waals surface area contributed by atoms with Crippen molar-refractivity contribution in [2.24, 2.45) is 0 Å². The summed E-state index contributed by atoms with van der Waals surface area (Å²) in [6, 6.07) is 13.8. The van der Waals surface area contributed by atoms with Crippen LogP contribution in [0.1, 0.15) is 41.5 Å². The van der Waals surface area contributed by atoms with Gasteiger partial charge in [0.1, 0.15) is 12.4 Å². The number of carbonyl (C=O) groups excluding carboxylic acids is 1. The number of carbonyl (C=O) groups is 1. The van der Waals surface area contributed by atoms with Crippen LogP contribution in [0, 0.1) is 6.92 Å². The molecular formula is C24H24N4O3. The van der Waals surface area contributed by atoms with Crippen molar-refractivity contribution < 1.29 is 14.3 Å². The first-order valence-electron chi connectivity index (χ1n) is 10.3. The van der Waals surface area contributed by atoms with Crippen LogP contribution in [0.2, 0.25) is 0 Å². The number of allylic oxidation sites excluding steroid dienone is 2. The zero-order valence-electron chi connectivity index (χ0n) is 17.8. The van der Waals surface area contributed by atoms with Crippen LogP contribution < -0.4 is 14.8 Å². The molecule has 1 N–H and O–H groups in total. The summed E-state index contributed by atoms with van der Waals surface area (Å²) in [5, 5.41) is 7.77. The molecule has 158 valence electrons. The van der Waals surface area contributed by atoms with Gasteiger partial charge in [-0.1, -0.05) is 35.9 Å². The van der Waals surface area contributed by atoms with E-state index in [0.717, 1.165) is 22.4 Å². The zero-order valence-corrected chi connectivity index (χ0v) is 17.8. The van der Waals surface area contributed by atoms with Gasteiger partial charge in [0.15, 0.2) is 17.3 Å². The van der Waals surface area contributed by atoms with E-state index in [9.17, 15) is 4.79 Å². The zero-order chi connectivity index (χ0) is 21.5. The van der Waals surface area contributed by atoms with Crippen molar-refractivity contribution in [3.8, 4) is 11.5 Å². The molecule has 31 heavy (non-hydrogen) atoms. The molecule has 0 saturated carbocycles. The molecular weight excluding hydrogens is 392 g/mol. The molecule has 7 heteroatoms. The molecule has 7 nitrogen and oxygen atoms in total. The molecule has 0 bridgehead atoms. The summed E-state index contributed by atoms with van der Waals surface area (Å²) in [5.41, 5.74) is 4.96. The fourth-order valence-electron chi connectivity index (χ4n) is 4.55. The lowest BCUT2D eigenvalue weighted by Crippen LogP contribution is -2.33. The topological polar surface area (TPSA) is 78.3 Å². The van der Waals surface area contributed by atoms with Gasteiger partial charge < -0.3 is 14.8 Å². The SMILES string of the molecule is COc1ccc(C2CC(=O)C3=C(C2)Nc2ncnn2C3c2ccc(C)cc2)cc1OC. The summed E-state index contributed by atoms with van der Waals surface area (Å²) in [5.74, 6) is 2.18. The number of hydrogen-bond acceptors (Lipinski definition) is 6. The van der Waals surface area contributed by atoms with Crippen molar-refractivity contribution in [2.45, 2.75) is 31.7 Å². The maximum Gasteiger partial charge on any atom is 0.226 e. The number of anilines is 1. The van der Waals surface area contributed by atoms with Crippen molar-refractivity contribution in [3.63, 3.8) is 0 Å². The number of aryl methyl sites for hydroxylation is 1. The number of methoxy groups -OCH3 is 2. The molecule has 3 aromatic rings. The Morgan fingerprint density at radius 3 is 2.48 bits per heavy atom. The number of hydrogen-bond donors (Lipinski definition) is 1. The van der Waals surface area contributed by atoms with Crippen LogP contribution in [-0.2, 0) is 4.79 Å². The molecule has 2 aliphatic rings. The number of fused-ring (bicyclic) bond motifs is 1. The van der Waals surface area contributed by atoms with E-state index in [1.165, 1.54) is 11.9 Å². The van der Waals surface area contributed by atoms with Gasteiger partial charge in [0.05, 0.1) is 14.2 Å².